The SMILES string of the molecule is Cc1cc2ccc(C(C)C)cn2c1. The summed E-state index contributed by atoms with van der Waals surface area (Å²) in [6.45, 7) is 6.57. The number of rotatable bonds is 1. The first-order valence-corrected chi connectivity index (χ1v) is 4.75. The molecule has 0 N–H and O–H groups in total. The van der Waals surface area contributed by atoms with Gasteiger partial charge in [-0.25, -0.2) is 0 Å². The van der Waals surface area contributed by atoms with Crippen LogP contribution < -0.4 is 0 Å². The van der Waals surface area contributed by atoms with E-state index < -0.39 is 0 Å². The highest BCUT2D eigenvalue weighted by Crippen LogP contribution is 2.16. The summed E-state index contributed by atoms with van der Waals surface area (Å²) in [6, 6.07) is 6.59. The zero-order valence-corrected chi connectivity index (χ0v) is 8.41. The molecule has 0 bridgehead atoms. The molecule has 0 radical (unpaired) electrons. The van der Waals surface area contributed by atoms with Crippen LogP contribution >= 0.6 is 0 Å². The molecule has 0 aliphatic rings. The minimum Gasteiger partial charge on any atom is -0.323 e. The van der Waals surface area contributed by atoms with Gasteiger partial charge in [0.1, 0.15) is 0 Å². The van der Waals surface area contributed by atoms with Crippen molar-refractivity contribution in [3.8, 4) is 0 Å². The van der Waals surface area contributed by atoms with E-state index in [0.717, 1.165) is 0 Å². The lowest BCUT2D eigenvalue weighted by atomic mass is 10.1. The Morgan fingerprint density at radius 1 is 1.15 bits per heavy atom. The molecule has 0 atom stereocenters. The Balaban J connectivity index is 2.61. The normalized spacial score (nSPS) is 11.4. The minimum atomic E-state index is 0.604. The van der Waals surface area contributed by atoms with Gasteiger partial charge in [-0.3, -0.25) is 0 Å². The maximum atomic E-state index is 2.22. The van der Waals surface area contributed by atoms with Crippen molar-refractivity contribution in [3.05, 3.63) is 41.7 Å². The van der Waals surface area contributed by atoms with E-state index in [4.69, 9.17) is 0 Å². The first kappa shape index (κ1) is 8.36. The van der Waals surface area contributed by atoms with Gasteiger partial charge >= 0.3 is 0 Å². The zero-order valence-electron chi connectivity index (χ0n) is 8.41. The third-order valence-corrected chi connectivity index (χ3v) is 2.42. The predicted octanol–water partition coefficient (Wildman–Crippen LogP) is 3.37. The minimum absolute atomic E-state index is 0.604. The Bertz CT molecular complexity index is 424. The fourth-order valence-electron chi connectivity index (χ4n) is 1.61. The molecule has 0 unspecified atom stereocenters. The van der Waals surface area contributed by atoms with Crippen LogP contribution in [-0.2, 0) is 0 Å². The third kappa shape index (κ3) is 1.46. The second-order valence-corrected chi connectivity index (χ2v) is 3.97. The second kappa shape index (κ2) is 2.91. The lowest BCUT2D eigenvalue weighted by molar-refractivity contribution is 0.854. The van der Waals surface area contributed by atoms with Crippen molar-refractivity contribution in [1.82, 2.24) is 4.40 Å². The van der Waals surface area contributed by atoms with Crippen molar-refractivity contribution in [3.63, 3.8) is 0 Å². The van der Waals surface area contributed by atoms with Gasteiger partial charge in [-0.15, -0.1) is 0 Å². The Hall–Kier alpha value is -1.24. The van der Waals surface area contributed by atoms with Crippen molar-refractivity contribution in [2.75, 3.05) is 0 Å². The molecule has 0 aromatic carbocycles. The van der Waals surface area contributed by atoms with Gasteiger partial charge in [0.15, 0.2) is 0 Å². The molecule has 1 nitrogen and oxygen atoms in total. The summed E-state index contributed by atoms with van der Waals surface area (Å²) in [7, 11) is 0. The fourth-order valence-corrected chi connectivity index (χ4v) is 1.61. The molecule has 2 heterocycles. The van der Waals surface area contributed by atoms with Crippen molar-refractivity contribution in [1.29, 1.82) is 0 Å². The third-order valence-electron chi connectivity index (χ3n) is 2.42. The maximum Gasteiger partial charge on any atom is 0.0452 e. The quantitative estimate of drug-likeness (QED) is 0.622. The smallest absolute Gasteiger partial charge is 0.0452 e. The molecule has 0 saturated carbocycles. The second-order valence-electron chi connectivity index (χ2n) is 3.97. The number of nitrogens with zero attached hydrogens (tertiary/aromatic N) is 1. The van der Waals surface area contributed by atoms with Crippen molar-refractivity contribution < 1.29 is 0 Å². The Kier molecular flexibility index (Phi) is 1.87. The molecule has 0 amide bonds. The molecule has 13 heavy (non-hydrogen) atoms. The molecular formula is C12H15N. The van der Waals surface area contributed by atoms with E-state index in [9.17, 15) is 0 Å². The van der Waals surface area contributed by atoms with Crippen LogP contribution in [0.3, 0.4) is 0 Å². The van der Waals surface area contributed by atoms with Gasteiger partial charge in [0.05, 0.1) is 0 Å². The molecule has 2 aromatic rings. The van der Waals surface area contributed by atoms with Crippen LogP contribution in [0.4, 0.5) is 0 Å². The first-order chi connectivity index (χ1) is 6.16. The van der Waals surface area contributed by atoms with E-state index in [1.165, 1.54) is 16.6 Å². The molecule has 0 aliphatic heterocycles. The summed E-state index contributed by atoms with van der Waals surface area (Å²) < 4.78 is 2.20. The number of fused-ring (bicyclic) bond motifs is 1. The summed E-state index contributed by atoms with van der Waals surface area (Å²) in [5.41, 5.74) is 3.99. The molecule has 2 rings (SSSR count). The average Bonchev–Trinajstić information content (AvgIpc) is 2.42. The van der Waals surface area contributed by atoms with Crippen LogP contribution in [0, 0.1) is 6.92 Å². The van der Waals surface area contributed by atoms with Gasteiger partial charge in [-0.05, 0) is 36.1 Å². The molecule has 0 saturated heterocycles. The highest BCUT2D eigenvalue weighted by molar-refractivity contribution is 5.51. The Morgan fingerprint density at radius 3 is 2.62 bits per heavy atom. The molecule has 0 spiro atoms. The number of aromatic nitrogens is 1. The van der Waals surface area contributed by atoms with E-state index in [1.54, 1.807) is 0 Å². The lowest BCUT2D eigenvalue weighted by Gasteiger charge is -2.05. The van der Waals surface area contributed by atoms with E-state index in [-0.39, 0.29) is 0 Å². The lowest BCUT2D eigenvalue weighted by Crippen LogP contribution is -1.90. The van der Waals surface area contributed by atoms with Gasteiger partial charge in [-0.2, -0.15) is 0 Å². The number of hydrogen-bond donors (Lipinski definition) is 0. The van der Waals surface area contributed by atoms with Gasteiger partial charge in [0.25, 0.3) is 0 Å². The predicted molar refractivity (Wildman–Crippen MR) is 56.2 cm³/mol. The van der Waals surface area contributed by atoms with Gasteiger partial charge in [0, 0.05) is 17.9 Å². The highest BCUT2D eigenvalue weighted by atomic mass is 14.9. The number of aryl methyl sites for hydroxylation is 1. The maximum absolute atomic E-state index is 2.22. The Morgan fingerprint density at radius 2 is 1.92 bits per heavy atom. The summed E-state index contributed by atoms with van der Waals surface area (Å²) >= 11 is 0. The summed E-state index contributed by atoms with van der Waals surface area (Å²) in [4.78, 5) is 0. The molecule has 1 heteroatoms. The topological polar surface area (TPSA) is 4.41 Å². The molecule has 0 fully saturated rings. The van der Waals surface area contributed by atoms with Crippen LogP contribution in [0.5, 0.6) is 0 Å². The van der Waals surface area contributed by atoms with Gasteiger partial charge in [-0.1, -0.05) is 19.9 Å². The van der Waals surface area contributed by atoms with E-state index in [0.29, 0.717) is 5.92 Å². The summed E-state index contributed by atoms with van der Waals surface area (Å²) in [6.07, 6.45) is 4.38. The standard InChI is InChI=1S/C12H15N/c1-9(2)11-4-5-12-6-10(3)7-13(12)8-11/h4-9H,1-3H3. The molecule has 2 aromatic heterocycles. The van der Waals surface area contributed by atoms with Crippen LogP contribution in [0.15, 0.2) is 30.6 Å². The van der Waals surface area contributed by atoms with E-state index in [2.05, 4.69) is 55.8 Å². The largest absolute Gasteiger partial charge is 0.323 e. The highest BCUT2D eigenvalue weighted by Gasteiger charge is 2.00. The number of pyridine rings is 1. The van der Waals surface area contributed by atoms with Crippen LogP contribution in [-0.4, -0.2) is 4.40 Å². The summed E-state index contributed by atoms with van der Waals surface area (Å²) in [5.74, 6) is 0.604. The van der Waals surface area contributed by atoms with Crippen molar-refractivity contribution in [2.24, 2.45) is 0 Å². The number of hydrogen-bond acceptors (Lipinski definition) is 0. The van der Waals surface area contributed by atoms with Crippen molar-refractivity contribution in [2.45, 2.75) is 26.7 Å². The van der Waals surface area contributed by atoms with Gasteiger partial charge in [0.2, 0.25) is 0 Å². The van der Waals surface area contributed by atoms with Crippen LogP contribution in [0.25, 0.3) is 5.52 Å². The summed E-state index contributed by atoms with van der Waals surface area (Å²) in [5, 5.41) is 0. The Labute approximate surface area is 79.0 Å². The molecule has 0 aliphatic carbocycles. The zero-order chi connectivity index (χ0) is 9.42. The fraction of sp³-hybridized carbons (Fsp3) is 0.333. The monoisotopic (exact) mass is 173 g/mol. The van der Waals surface area contributed by atoms with Crippen LogP contribution in [0.1, 0.15) is 30.9 Å². The first-order valence-electron chi connectivity index (χ1n) is 4.75. The molecular weight excluding hydrogens is 158 g/mol. The van der Waals surface area contributed by atoms with Gasteiger partial charge < -0.3 is 4.40 Å². The van der Waals surface area contributed by atoms with Crippen LogP contribution in [0.2, 0.25) is 0 Å². The van der Waals surface area contributed by atoms with E-state index >= 15 is 0 Å². The van der Waals surface area contributed by atoms with E-state index in [1.807, 2.05) is 0 Å². The van der Waals surface area contributed by atoms with Crippen molar-refractivity contribution >= 4 is 5.52 Å². The average molecular weight is 173 g/mol. The molecule has 68 valence electrons.